The van der Waals surface area contributed by atoms with Crippen LogP contribution in [0, 0.1) is 22.7 Å². The quantitative estimate of drug-likeness (QED) is 0.374. The topological polar surface area (TPSA) is 90.6 Å². The molecule has 3 aromatic rings. The average Bonchev–Trinajstić information content (AvgIpc) is 3.35. The molecule has 1 aliphatic rings. The molecule has 0 saturated carbocycles. The highest BCUT2D eigenvalue weighted by molar-refractivity contribution is 7.80. The fourth-order valence-electron chi connectivity index (χ4n) is 3.79. The number of hydrogen-bond acceptors (Lipinski definition) is 5. The summed E-state index contributed by atoms with van der Waals surface area (Å²) >= 11 is 4.06. The van der Waals surface area contributed by atoms with Crippen LogP contribution in [0.4, 0.5) is 0 Å². The number of nitriles is 1. The zero-order chi connectivity index (χ0) is 21.5. The monoisotopic (exact) mass is 417 g/mol. The van der Waals surface area contributed by atoms with E-state index in [1.54, 1.807) is 18.2 Å². The van der Waals surface area contributed by atoms with Crippen molar-refractivity contribution in [2.75, 3.05) is 6.54 Å². The first-order valence-electron chi connectivity index (χ1n) is 9.98. The fourth-order valence-corrected chi connectivity index (χ4v) is 4.02. The van der Waals surface area contributed by atoms with Crippen molar-refractivity contribution in [3.8, 4) is 6.07 Å². The number of rotatable bonds is 4. The van der Waals surface area contributed by atoms with Gasteiger partial charge in [-0.1, -0.05) is 12.1 Å². The molecule has 30 heavy (non-hydrogen) atoms. The lowest BCUT2D eigenvalue weighted by Gasteiger charge is -2.11. The van der Waals surface area contributed by atoms with Gasteiger partial charge in [-0.25, -0.2) is 0 Å². The van der Waals surface area contributed by atoms with Gasteiger partial charge in [-0.2, -0.15) is 5.26 Å². The van der Waals surface area contributed by atoms with Crippen molar-refractivity contribution in [1.29, 1.82) is 10.7 Å². The molecule has 4 N–H and O–H groups in total. The first-order valence-corrected chi connectivity index (χ1v) is 10.4. The Morgan fingerprint density at radius 3 is 2.77 bits per heavy atom. The zero-order valence-electron chi connectivity index (χ0n) is 17.0. The summed E-state index contributed by atoms with van der Waals surface area (Å²) in [6.45, 7) is 4.41. The van der Waals surface area contributed by atoms with E-state index in [0.29, 0.717) is 17.5 Å². The molecule has 2 aromatic carbocycles. The van der Waals surface area contributed by atoms with Crippen LogP contribution >= 0.6 is 12.6 Å². The molecule has 0 bridgehead atoms. The maximum atomic E-state index is 8.38. The third kappa shape index (κ3) is 5.32. The van der Waals surface area contributed by atoms with Gasteiger partial charge in [0.25, 0.3) is 0 Å². The average molecular weight is 418 g/mol. The van der Waals surface area contributed by atoms with Crippen LogP contribution in [0.2, 0.25) is 0 Å². The van der Waals surface area contributed by atoms with Crippen LogP contribution in [0.3, 0.4) is 0 Å². The van der Waals surface area contributed by atoms with Gasteiger partial charge in [0.05, 0.1) is 11.6 Å². The zero-order valence-corrected chi connectivity index (χ0v) is 17.9. The van der Waals surface area contributed by atoms with Gasteiger partial charge in [-0.15, -0.1) is 12.6 Å². The van der Waals surface area contributed by atoms with Gasteiger partial charge in [-0.3, -0.25) is 0 Å². The molecular weight excluding hydrogens is 390 g/mol. The molecule has 4 rings (SSSR count). The smallest absolute Gasteiger partial charge is 0.0992 e. The molecule has 154 valence electrons. The lowest BCUT2D eigenvalue weighted by molar-refractivity contribution is 0.483. The largest absolute Gasteiger partial charge is 0.404 e. The molecule has 2 heterocycles. The lowest BCUT2D eigenvalue weighted by Crippen LogP contribution is -2.17. The predicted molar refractivity (Wildman–Crippen MR) is 127 cm³/mol. The Kier molecular flexibility index (Phi) is 7.34. The Hall–Kier alpha value is -3.01. The van der Waals surface area contributed by atoms with Gasteiger partial charge in [0, 0.05) is 52.6 Å². The second-order valence-corrected chi connectivity index (χ2v) is 8.10. The third-order valence-electron chi connectivity index (χ3n) is 5.31. The van der Waals surface area contributed by atoms with Crippen LogP contribution in [-0.4, -0.2) is 23.4 Å². The van der Waals surface area contributed by atoms with E-state index in [9.17, 15) is 0 Å². The van der Waals surface area contributed by atoms with Crippen molar-refractivity contribution in [2.24, 2.45) is 11.7 Å². The van der Waals surface area contributed by atoms with Crippen LogP contribution in [0.5, 0.6) is 0 Å². The Morgan fingerprint density at radius 2 is 2.17 bits per heavy atom. The predicted octanol–water partition coefficient (Wildman–Crippen LogP) is 4.44. The molecule has 6 heteroatoms. The van der Waals surface area contributed by atoms with Crippen LogP contribution in [0.1, 0.15) is 24.5 Å². The van der Waals surface area contributed by atoms with Crippen molar-refractivity contribution in [2.45, 2.75) is 30.8 Å². The number of thiol groups is 1. The van der Waals surface area contributed by atoms with Crippen LogP contribution in [-0.2, 0) is 6.54 Å². The Morgan fingerprint density at radius 1 is 1.33 bits per heavy atom. The van der Waals surface area contributed by atoms with Crippen LogP contribution < -0.4 is 11.1 Å². The van der Waals surface area contributed by atoms with Gasteiger partial charge in [0.15, 0.2) is 0 Å². The number of nitrogens with one attached hydrogen (secondary N) is 2. The maximum Gasteiger partial charge on any atom is 0.0992 e. The molecule has 0 aliphatic carbocycles. The van der Waals surface area contributed by atoms with Gasteiger partial charge in [0.1, 0.15) is 0 Å². The molecule has 1 saturated heterocycles. The molecule has 1 aliphatic heterocycles. The summed E-state index contributed by atoms with van der Waals surface area (Å²) in [5, 5.41) is 20.5. The van der Waals surface area contributed by atoms with E-state index < -0.39 is 0 Å². The number of benzene rings is 2. The van der Waals surface area contributed by atoms with Crippen molar-refractivity contribution in [3.63, 3.8) is 0 Å². The number of allylic oxidation sites excluding steroid dienone is 1. The Balaban J connectivity index is 0.000000239. The summed E-state index contributed by atoms with van der Waals surface area (Å²) < 4.78 is 2.33. The third-order valence-corrected chi connectivity index (χ3v) is 5.59. The van der Waals surface area contributed by atoms with E-state index >= 15 is 0 Å². The van der Waals surface area contributed by atoms with E-state index in [0.717, 1.165) is 29.1 Å². The van der Waals surface area contributed by atoms with Gasteiger partial charge in [-0.05, 0) is 67.8 Å². The number of hydrogen-bond donors (Lipinski definition) is 4. The number of nitrogens with two attached hydrogens (primary N) is 1. The van der Waals surface area contributed by atoms with E-state index in [1.807, 2.05) is 18.2 Å². The van der Waals surface area contributed by atoms with Gasteiger partial charge >= 0.3 is 0 Å². The standard InChI is InChI=1S/C17H22N4.C7H5NS/c1-12-6-13(10-20-12)11-21-5-4-15-7-14(2-3-17(15)21)16(8-18)9-19;8-5-6-2-1-3-7(9)4-6/h2-5,7-9,12-13,18,20H,6,10-11,19H2,1H3;1-4,9H/b16-9+,18-8?;. The summed E-state index contributed by atoms with van der Waals surface area (Å²) in [6, 6.07) is 18.2. The molecule has 0 amide bonds. The van der Waals surface area contributed by atoms with Crippen LogP contribution in [0.15, 0.2) is 65.8 Å². The molecule has 0 radical (unpaired) electrons. The summed E-state index contributed by atoms with van der Waals surface area (Å²) in [4.78, 5) is 0.828. The highest BCUT2D eigenvalue weighted by Gasteiger charge is 2.21. The fraction of sp³-hybridized carbons (Fsp3) is 0.250. The number of aromatic nitrogens is 1. The normalized spacial score (nSPS) is 18.5. The Labute approximate surface area is 183 Å². The summed E-state index contributed by atoms with van der Waals surface area (Å²) in [7, 11) is 0. The Bertz CT molecular complexity index is 1090. The molecule has 2 atom stereocenters. The minimum Gasteiger partial charge on any atom is -0.404 e. The first-order chi connectivity index (χ1) is 14.5. The molecule has 1 fully saturated rings. The molecule has 0 spiro atoms. The number of nitrogens with zero attached hydrogens (tertiary/aromatic N) is 2. The minimum atomic E-state index is 0.633. The summed E-state index contributed by atoms with van der Waals surface area (Å²) in [5.41, 5.74) is 9.21. The van der Waals surface area contributed by atoms with Crippen LogP contribution in [0.25, 0.3) is 16.5 Å². The lowest BCUT2D eigenvalue weighted by atomic mass is 10.1. The first kappa shape index (κ1) is 21.7. The van der Waals surface area contributed by atoms with Crippen molar-refractivity contribution >= 4 is 35.3 Å². The van der Waals surface area contributed by atoms with E-state index in [-0.39, 0.29) is 0 Å². The van der Waals surface area contributed by atoms with Crippen molar-refractivity contribution in [1.82, 2.24) is 9.88 Å². The summed E-state index contributed by atoms with van der Waals surface area (Å²) in [5.74, 6) is 0.705. The molecule has 1 aromatic heterocycles. The highest BCUT2D eigenvalue weighted by Crippen LogP contribution is 2.24. The second kappa shape index (κ2) is 10.1. The molecule has 2 unspecified atom stereocenters. The summed E-state index contributed by atoms with van der Waals surface area (Å²) in [6.07, 6.45) is 6.18. The SMILES string of the molecule is CC1CC(Cn2ccc3cc(/C(C=N)=C/N)ccc32)CN1.N#Cc1cccc(S)c1. The second-order valence-electron chi connectivity index (χ2n) is 7.58. The van der Waals surface area contributed by atoms with E-state index in [4.69, 9.17) is 16.4 Å². The van der Waals surface area contributed by atoms with Crippen molar-refractivity contribution < 1.29 is 0 Å². The van der Waals surface area contributed by atoms with Gasteiger partial charge < -0.3 is 21.0 Å². The molecular formula is C24H27N5S. The maximum absolute atomic E-state index is 8.38. The van der Waals surface area contributed by atoms with E-state index in [1.165, 1.54) is 29.7 Å². The minimum absolute atomic E-state index is 0.633. The van der Waals surface area contributed by atoms with E-state index in [2.05, 4.69) is 53.8 Å². The molecule has 5 nitrogen and oxygen atoms in total. The van der Waals surface area contributed by atoms with Crippen molar-refractivity contribution in [3.05, 3.63) is 72.1 Å². The number of fused-ring (bicyclic) bond motifs is 1. The van der Waals surface area contributed by atoms with Gasteiger partial charge in [0.2, 0.25) is 0 Å². The highest BCUT2D eigenvalue weighted by atomic mass is 32.1.